The molecule has 3 fully saturated rings. The van der Waals surface area contributed by atoms with Crippen LogP contribution in [0.1, 0.15) is 41.9 Å². The molecule has 11 heteroatoms. The standard InChI is InChI=1S/C24H31F3N6OS/c1-30-21(22(34)32-11-2-3-12-32)28-29-23(30)35-14-4-10-31-15-17-9-13-33(20(17)16-31)19-7-5-18(6-8-19)24(25,26)27/h5-8,17,20H,2-4,9-16H2,1H3. The van der Waals surface area contributed by atoms with Crippen molar-refractivity contribution in [1.29, 1.82) is 0 Å². The Morgan fingerprint density at radius 3 is 2.54 bits per heavy atom. The average Bonchev–Trinajstić information content (AvgIpc) is 3.61. The second kappa shape index (κ2) is 10.0. The minimum absolute atomic E-state index is 0.0365. The van der Waals surface area contributed by atoms with E-state index < -0.39 is 11.7 Å². The van der Waals surface area contributed by atoms with Crippen molar-refractivity contribution in [3.63, 3.8) is 0 Å². The molecule has 5 rings (SSSR count). The third-order valence-electron chi connectivity index (χ3n) is 7.42. The van der Waals surface area contributed by atoms with Crippen LogP contribution in [0.4, 0.5) is 18.9 Å². The highest BCUT2D eigenvalue weighted by molar-refractivity contribution is 7.99. The fourth-order valence-electron chi connectivity index (χ4n) is 5.53. The molecule has 1 aromatic carbocycles. The summed E-state index contributed by atoms with van der Waals surface area (Å²) in [7, 11) is 1.85. The number of halogens is 3. The number of benzene rings is 1. The maximum atomic E-state index is 12.9. The van der Waals surface area contributed by atoms with E-state index in [2.05, 4.69) is 20.0 Å². The van der Waals surface area contributed by atoms with Gasteiger partial charge < -0.3 is 19.3 Å². The molecular weight excluding hydrogens is 477 g/mol. The van der Waals surface area contributed by atoms with Crippen LogP contribution in [0.15, 0.2) is 29.4 Å². The highest BCUT2D eigenvalue weighted by atomic mass is 32.2. The largest absolute Gasteiger partial charge is 0.416 e. The van der Waals surface area contributed by atoms with E-state index in [4.69, 9.17) is 0 Å². The Kier molecular flexibility index (Phi) is 6.98. The van der Waals surface area contributed by atoms with Gasteiger partial charge in [0.2, 0.25) is 5.82 Å². The topological polar surface area (TPSA) is 57.5 Å². The summed E-state index contributed by atoms with van der Waals surface area (Å²) in [6, 6.07) is 5.94. The summed E-state index contributed by atoms with van der Waals surface area (Å²) in [6.45, 7) is 5.43. The molecule has 4 heterocycles. The molecule has 35 heavy (non-hydrogen) atoms. The number of nitrogens with zero attached hydrogens (tertiary/aromatic N) is 6. The van der Waals surface area contributed by atoms with E-state index in [1.54, 1.807) is 28.5 Å². The number of alkyl halides is 3. The molecule has 3 saturated heterocycles. The Balaban J connectivity index is 1.09. The fourth-order valence-corrected chi connectivity index (χ4v) is 6.37. The van der Waals surface area contributed by atoms with Gasteiger partial charge in [-0.15, -0.1) is 10.2 Å². The highest BCUT2D eigenvalue weighted by Crippen LogP contribution is 2.37. The molecule has 3 aliphatic heterocycles. The smallest absolute Gasteiger partial charge is 0.367 e. The van der Waals surface area contributed by atoms with Gasteiger partial charge in [-0.05, 0) is 62.4 Å². The zero-order valence-corrected chi connectivity index (χ0v) is 20.7. The van der Waals surface area contributed by atoms with Crippen LogP contribution in [0.3, 0.4) is 0 Å². The summed E-state index contributed by atoms with van der Waals surface area (Å²) in [6.07, 6.45) is -0.141. The Morgan fingerprint density at radius 1 is 1.09 bits per heavy atom. The van der Waals surface area contributed by atoms with Gasteiger partial charge in [-0.2, -0.15) is 13.2 Å². The maximum Gasteiger partial charge on any atom is 0.416 e. The average molecular weight is 509 g/mol. The van der Waals surface area contributed by atoms with E-state index >= 15 is 0 Å². The van der Waals surface area contributed by atoms with Gasteiger partial charge in [-0.1, -0.05) is 11.8 Å². The van der Waals surface area contributed by atoms with Crippen LogP contribution in [-0.4, -0.2) is 81.5 Å². The van der Waals surface area contributed by atoms with Crippen molar-refractivity contribution in [1.82, 2.24) is 24.6 Å². The molecule has 2 unspecified atom stereocenters. The summed E-state index contributed by atoms with van der Waals surface area (Å²) in [5, 5.41) is 9.12. The van der Waals surface area contributed by atoms with Crippen LogP contribution < -0.4 is 4.90 Å². The molecule has 7 nitrogen and oxygen atoms in total. The predicted molar refractivity (Wildman–Crippen MR) is 129 cm³/mol. The van der Waals surface area contributed by atoms with Gasteiger partial charge in [0.1, 0.15) is 0 Å². The van der Waals surface area contributed by atoms with Crippen molar-refractivity contribution in [2.75, 3.05) is 49.9 Å². The van der Waals surface area contributed by atoms with Crippen molar-refractivity contribution in [3.05, 3.63) is 35.7 Å². The lowest BCUT2D eigenvalue weighted by Gasteiger charge is -2.27. The lowest BCUT2D eigenvalue weighted by molar-refractivity contribution is -0.137. The van der Waals surface area contributed by atoms with Crippen LogP contribution in [0.5, 0.6) is 0 Å². The number of thioether (sulfide) groups is 1. The molecule has 2 aromatic rings. The molecule has 0 radical (unpaired) electrons. The minimum atomic E-state index is -4.30. The molecule has 2 atom stereocenters. The first-order valence-corrected chi connectivity index (χ1v) is 13.3. The first-order valence-electron chi connectivity index (χ1n) is 12.3. The second-order valence-corrected chi connectivity index (χ2v) is 10.7. The van der Waals surface area contributed by atoms with Crippen molar-refractivity contribution in [3.8, 4) is 0 Å². The number of anilines is 1. The lowest BCUT2D eigenvalue weighted by Crippen LogP contribution is -2.35. The summed E-state index contributed by atoms with van der Waals surface area (Å²) < 4.78 is 40.5. The summed E-state index contributed by atoms with van der Waals surface area (Å²) in [4.78, 5) is 19.2. The van der Waals surface area contributed by atoms with Gasteiger partial charge >= 0.3 is 6.18 Å². The summed E-state index contributed by atoms with van der Waals surface area (Å²) >= 11 is 1.62. The van der Waals surface area contributed by atoms with Gasteiger partial charge in [0, 0.05) is 57.3 Å². The Morgan fingerprint density at radius 2 is 1.83 bits per heavy atom. The molecule has 0 aliphatic carbocycles. The SMILES string of the molecule is Cn1c(SCCCN2CC3CCN(c4ccc(C(F)(F)F)cc4)C3C2)nnc1C(=O)N1CCCC1. The maximum absolute atomic E-state index is 12.9. The Hall–Kier alpha value is -2.27. The van der Waals surface area contributed by atoms with Crippen LogP contribution in [0.25, 0.3) is 0 Å². The first-order chi connectivity index (χ1) is 16.8. The number of amides is 1. The van der Waals surface area contributed by atoms with Crippen LogP contribution in [0, 0.1) is 5.92 Å². The number of hydrogen-bond donors (Lipinski definition) is 0. The Bertz CT molecular complexity index is 1040. The van der Waals surface area contributed by atoms with E-state index in [0.29, 0.717) is 17.8 Å². The van der Waals surface area contributed by atoms with E-state index in [1.165, 1.54) is 12.1 Å². The molecule has 0 spiro atoms. The van der Waals surface area contributed by atoms with Gasteiger partial charge in [0.15, 0.2) is 5.16 Å². The van der Waals surface area contributed by atoms with Crippen LogP contribution in [0.2, 0.25) is 0 Å². The predicted octanol–water partition coefficient (Wildman–Crippen LogP) is 3.76. The quantitative estimate of drug-likeness (QED) is 0.419. The molecule has 0 saturated carbocycles. The summed E-state index contributed by atoms with van der Waals surface area (Å²) in [5.74, 6) is 1.82. The molecule has 0 bridgehead atoms. The van der Waals surface area contributed by atoms with Crippen LogP contribution in [-0.2, 0) is 13.2 Å². The number of carbonyl (C=O) groups excluding carboxylic acids is 1. The number of aromatic nitrogens is 3. The zero-order chi connectivity index (χ0) is 24.6. The lowest BCUT2D eigenvalue weighted by atomic mass is 10.0. The molecule has 1 amide bonds. The zero-order valence-electron chi connectivity index (χ0n) is 19.9. The molecular formula is C24H31F3N6OS. The summed E-state index contributed by atoms with van der Waals surface area (Å²) in [5.41, 5.74) is 0.280. The van der Waals surface area contributed by atoms with Crippen molar-refractivity contribution in [2.24, 2.45) is 13.0 Å². The van der Waals surface area contributed by atoms with E-state index in [9.17, 15) is 18.0 Å². The number of likely N-dealkylation sites (tertiary alicyclic amines) is 2. The van der Waals surface area contributed by atoms with Gasteiger partial charge in [-0.3, -0.25) is 4.79 Å². The number of carbonyl (C=O) groups is 1. The van der Waals surface area contributed by atoms with Crippen molar-refractivity contribution >= 4 is 23.4 Å². The van der Waals surface area contributed by atoms with Crippen molar-refractivity contribution < 1.29 is 18.0 Å². The monoisotopic (exact) mass is 508 g/mol. The van der Waals surface area contributed by atoms with Crippen LogP contribution >= 0.6 is 11.8 Å². The van der Waals surface area contributed by atoms with Gasteiger partial charge in [-0.25, -0.2) is 0 Å². The number of fused-ring (bicyclic) bond motifs is 1. The molecule has 1 aromatic heterocycles. The van der Waals surface area contributed by atoms with Gasteiger partial charge in [0.25, 0.3) is 5.91 Å². The highest BCUT2D eigenvalue weighted by Gasteiger charge is 2.41. The fraction of sp³-hybridized carbons (Fsp3) is 0.625. The van der Waals surface area contributed by atoms with Crippen molar-refractivity contribution in [2.45, 2.75) is 43.1 Å². The van der Waals surface area contributed by atoms with E-state index in [-0.39, 0.29) is 5.91 Å². The molecule has 3 aliphatic rings. The minimum Gasteiger partial charge on any atom is -0.367 e. The van der Waals surface area contributed by atoms with Gasteiger partial charge in [0.05, 0.1) is 5.56 Å². The third-order valence-corrected chi connectivity index (χ3v) is 8.53. The first kappa shape index (κ1) is 24.4. The molecule has 190 valence electrons. The third kappa shape index (κ3) is 5.16. The number of hydrogen-bond acceptors (Lipinski definition) is 6. The normalized spacial score (nSPS) is 22.9. The Labute approximate surface area is 207 Å². The number of rotatable bonds is 7. The second-order valence-electron chi connectivity index (χ2n) is 9.68. The molecule has 0 N–H and O–H groups in total. The van der Waals surface area contributed by atoms with E-state index in [1.807, 2.05) is 11.9 Å². The van der Waals surface area contributed by atoms with E-state index in [0.717, 1.165) is 81.5 Å².